The van der Waals surface area contributed by atoms with Crippen molar-refractivity contribution in [3.63, 3.8) is 0 Å². The second-order valence-corrected chi connectivity index (χ2v) is 6.90. The van der Waals surface area contributed by atoms with Gasteiger partial charge in [0, 0.05) is 23.0 Å². The van der Waals surface area contributed by atoms with Gasteiger partial charge in [-0.05, 0) is 25.0 Å². The average Bonchev–Trinajstić information content (AvgIpc) is 2.92. The highest BCUT2D eigenvalue weighted by atomic mass is 32.2. The van der Waals surface area contributed by atoms with Gasteiger partial charge in [-0.15, -0.1) is 0 Å². The zero-order chi connectivity index (χ0) is 16.7. The van der Waals surface area contributed by atoms with Gasteiger partial charge < -0.3 is 15.2 Å². The van der Waals surface area contributed by atoms with Crippen LogP contribution in [0, 0.1) is 0 Å². The first-order valence-electron chi connectivity index (χ1n) is 7.84. The van der Waals surface area contributed by atoms with E-state index in [4.69, 9.17) is 0 Å². The number of aliphatic hydroxyl groups is 1. The number of carbonyl (C=O) groups excluding carboxylic acids is 2. The second kappa shape index (κ2) is 8.93. The summed E-state index contributed by atoms with van der Waals surface area (Å²) in [4.78, 5) is 23.2. The molecule has 23 heavy (non-hydrogen) atoms. The quantitative estimate of drug-likeness (QED) is 0.588. The summed E-state index contributed by atoms with van der Waals surface area (Å²) in [5.74, 6) is 0.362. The Balaban J connectivity index is 1.74. The minimum atomic E-state index is -0.550. The normalized spacial score (nSPS) is 23.5. The summed E-state index contributed by atoms with van der Waals surface area (Å²) >= 11 is 1.68. The molecule has 6 heteroatoms. The van der Waals surface area contributed by atoms with Crippen LogP contribution in [0.25, 0.3) is 0 Å². The van der Waals surface area contributed by atoms with Crippen molar-refractivity contribution in [1.82, 2.24) is 5.32 Å². The van der Waals surface area contributed by atoms with Crippen molar-refractivity contribution in [2.24, 2.45) is 0 Å². The molecule has 0 spiro atoms. The molecule has 1 aromatic carbocycles. The third-order valence-electron chi connectivity index (χ3n) is 3.98. The molecule has 1 heterocycles. The molecule has 126 valence electrons. The van der Waals surface area contributed by atoms with Gasteiger partial charge in [0.2, 0.25) is 0 Å². The number of hydrogen-bond acceptors (Lipinski definition) is 5. The van der Waals surface area contributed by atoms with Crippen molar-refractivity contribution in [2.45, 2.75) is 43.1 Å². The number of carbonyl (C=O) groups is 2. The van der Waals surface area contributed by atoms with Crippen molar-refractivity contribution in [2.75, 3.05) is 12.9 Å². The zero-order valence-electron chi connectivity index (χ0n) is 13.2. The van der Waals surface area contributed by atoms with Gasteiger partial charge in [0.25, 0.3) is 5.91 Å². The van der Waals surface area contributed by atoms with Crippen molar-refractivity contribution in [3.05, 3.63) is 35.9 Å². The van der Waals surface area contributed by atoms with E-state index in [9.17, 15) is 14.7 Å². The van der Waals surface area contributed by atoms with Crippen LogP contribution in [-0.4, -0.2) is 47.2 Å². The van der Waals surface area contributed by atoms with Crippen LogP contribution >= 0.6 is 11.8 Å². The number of rotatable bonds is 7. The van der Waals surface area contributed by atoms with E-state index in [2.05, 4.69) is 10.1 Å². The highest BCUT2D eigenvalue weighted by Crippen LogP contribution is 2.31. The third-order valence-corrected chi connectivity index (χ3v) is 5.48. The second-order valence-electron chi connectivity index (χ2n) is 5.63. The van der Waals surface area contributed by atoms with Crippen LogP contribution < -0.4 is 5.32 Å². The molecule has 5 nitrogen and oxygen atoms in total. The minimum absolute atomic E-state index is 0.105. The fraction of sp³-hybridized carbons (Fsp3) is 0.529. The van der Waals surface area contributed by atoms with Gasteiger partial charge >= 0.3 is 5.97 Å². The van der Waals surface area contributed by atoms with Gasteiger partial charge in [-0.3, -0.25) is 9.59 Å². The van der Waals surface area contributed by atoms with Gasteiger partial charge in [-0.2, -0.15) is 11.8 Å². The molecule has 0 aromatic heterocycles. The van der Waals surface area contributed by atoms with Crippen LogP contribution in [0.3, 0.4) is 0 Å². The highest BCUT2D eigenvalue weighted by Gasteiger charge is 2.35. The van der Waals surface area contributed by atoms with Crippen molar-refractivity contribution in [3.8, 4) is 0 Å². The summed E-state index contributed by atoms with van der Waals surface area (Å²) in [5, 5.41) is 13.4. The Kier molecular flexibility index (Phi) is 6.92. The molecule has 0 saturated carbocycles. The molecule has 1 aliphatic heterocycles. The van der Waals surface area contributed by atoms with E-state index in [0.29, 0.717) is 17.7 Å². The number of amides is 1. The first kappa shape index (κ1) is 17.8. The standard InChI is InChI=1S/C17H23NO4S/c1-22-15(19)10-6-5-9-14-16(20)13(11-23-14)18-17(21)12-7-3-2-4-8-12/h2-4,7-8,13-14,16,20H,5-6,9-11H2,1H3,(H,18,21)/t13-,14-,16-/m1/s1. The first-order chi connectivity index (χ1) is 11.1. The molecule has 2 rings (SSSR count). The Morgan fingerprint density at radius 1 is 1.30 bits per heavy atom. The van der Waals surface area contributed by atoms with Gasteiger partial charge in [-0.1, -0.05) is 24.6 Å². The molecule has 0 aliphatic carbocycles. The number of aliphatic hydroxyl groups excluding tert-OH is 1. The first-order valence-corrected chi connectivity index (χ1v) is 8.89. The minimum Gasteiger partial charge on any atom is -0.469 e. The molecule has 1 amide bonds. The molecule has 1 aromatic rings. The van der Waals surface area contributed by atoms with Gasteiger partial charge in [0.05, 0.1) is 19.3 Å². The molecular formula is C17H23NO4S. The number of hydrogen-bond donors (Lipinski definition) is 2. The lowest BCUT2D eigenvalue weighted by molar-refractivity contribution is -0.140. The topological polar surface area (TPSA) is 75.6 Å². The van der Waals surface area contributed by atoms with E-state index in [1.807, 2.05) is 18.2 Å². The Bertz CT molecular complexity index is 523. The maximum atomic E-state index is 12.1. The molecule has 1 saturated heterocycles. The van der Waals surface area contributed by atoms with E-state index in [1.165, 1.54) is 7.11 Å². The molecule has 0 radical (unpaired) electrons. The number of nitrogens with one attached hydrogen (secondary N) is 1. The zero-order valence-corrected chi connectivity index (χ0v) is 14.1. The summed E-state index contributed by atoms with van der Waals surface area (Å²) in [6, 6.07) is 8.79. The molecule has 1 aliphatic rings. The van der Waals surface area contributed by atoms with Crippen LogP contribution in [0.4, 0.5) is 0 Å². The van der Waals surface area contributed by atoms with E-state index in [-0.39, 0.29) is 23.2 Å². The lowest BCUT2D eigenvalue weighted by Gasteiger charge is -2.19. The number of benzene rings is 1. The van der Waals surface area contributed by atoms with Crippen LogP contribution in [0.2, 0.25) is 0 Å². The smallest absolute Gasteiger partial charge is 0.305 e. The van der Waals surface area contributed by atoms with Crippen molar-refractivity contribution < 1.29 is 19.4 Å². The van der Waals surface area contributed by atoms with E-state index < -0.39 is 6.10 Å². The molecule has 3 atom stereocenters. The van der Waals surface area contributed by atoms with Crippen molar-refractivity contribution in [1.29, 1.82) is 0 Å². The summed E-state index contributed by atoms with van der Waals surface area (Å²) in [6.45, 7) is 0. The van der Waals surface area contributed by atoms with Crippen LogP contribution in [0.5, 0.6) is 0 Å². The molecule has 1 fully saturated rings. The summed E-state index contributed by atoms with van der Waals surface area (Å²) in [7, 11) is 1.39. The lowest BCUT2D eigenvalue weighted by Crippen LogP contribution is -2.44. The Morgan fingerprint density at radius 2 is 2.04 bits per heavy atom. The average molecular weight is 337 g/mol. The fourth-order valence-electron chi connectivity index (χ4n) is 2.62. The van der Waals surface area contributed by atoms with E-state index >= 15 is 0 Å². The van der Waals surface area contributed by atoms with E-state index in [0.717, 1.165) is 19.3 Å². The molecular weight excluding hydrogens is 314 g/mol. The molecule has 0 bridgehead atoms. The number of ether oxygens (including phenoxy) is 1. The SMILES string of the molecule is COC(=O)CCCC[C@H]1SC[C@@H](NC(=O)c2ccccc2)[C@H]1O. The largest absolute Gasteiger partial charge is 0.469 e. The summed E-state index contributed by atoms with van der Waals surface area (Å²) in [5.41, 5.74) is 0.603. The summed E-state index contributed by atoms with van der Waals surface area (Å²) in [6.07, 6.45) is 2.32. The fourth-order valence-corrected chi connectivity index (χ4v) is 4.08. The number of thioether (sulfide) groups is 1. The maximum absolute atomic E-state index is 12.1. The monoisotopic (exact) mass is 337 g/mol. The van der Waals surface area contributed by atoms with E-state index in [1.54, 1.807) is 23.9 Å². The number of unbranched alkanes of at least 4 members (excludes halogenated alkanes) is 1. The van der Waals surface area contributed by atoms with Crippen LogP contribution in [0.1, 0.15) is 36.0 Å². The molecule has 2 N–H and O–H groups in total. The van der Waals surface area contributed by atoms with Gasteiger partial charge in [-0.25, -0.2) is 0 Å². The predicted octanol–water partition coefficient (Wildman–Crippen LogP) is 1.99. The predicted molar refractivity (Wildman–Crippen MR) is 90.4 cm³/mol. The Labute approximate surface area is 140 Å². The molecule has 0 unspecified atom stereocenters. The van der Waals surface area contributed by atoms with Gasteiger partial charge in [0.15, 0.2) is 0 Å². The Hall–Kier alpha value is -1.53. The van der Waals surface area contributed by atoms with Crippen LogP contribution in [-0.2, 0) is 9.53 Å². The summed E-state index contributed by atoms with van der Waals surface area (Å²) < 4.78 is 4.61. The maximum Gasteiger partial charge on any atom is 0.305 e. The number of methoxy groups -OCH3 is 1. The highest BCUT2D eigenvalue weighted by molar-refractivity contribution is 8.00. The van der Waals surface area contributed by atoms with Gasteiger partial charge in [0.1, 0.15) is 0 Å². The number of esters is 1. The Morgan fingerprint density at radius 3 is 2.74 bits per heavy atom. The van der Waals surface area contributed by atoms with Crippen molar-refractivity contribution >= 4 is 23.6 Å². The third kappa shape index (κ3) is 5.25. The van der Waals surface area contributed by atoms with Crippen LogP contribution in [0.15, 0.2) is 30.3 Å². The lowest BCUT2D eigenvalue weighted by atomic mass is 10.0.